The number of nitrogens with two attached hydrogens (primary N) is 1. The number of carbonyl (C=O) groups excluding carboxylic acids is 1. The molecule has 20 heavy (non-hydrogen) atoms. The number of carbonyl (C=O) groups is 1. The van der Waals surface area contributed by atoms with Crippen LogP contribution >= 0.6 is 0 Å². The van der Waals surface area contributed by atoms with Gasteiger partial charge in [-0.3, -0.25) is 4.79 Å². The Kier molecular flexibility index (Phi) is 4.51. The normalized spacial score (nSPS) is 22.2. The van der Waals surface area contributed by atoms with Gasteiger partial charge in [0.1, 0.15) is 5.69 Å². The molecule has 0 radical (unpaired) electrons. The van der Waals surface area contributed by atoms with E-state index >= 15 is 0 Å². The van der Waals surface area contributed by atoms with Crippen molar-refractivity contribution in [2.24, 2.45) is 0 Å². The van der Waals surface area contributed by atoms with E-state index in [1.165, 1.54) is 0 Å². The van der Waals surface area contributed by atoms with E-state index in [1.807, 2.05) is 13.8 Å². The van der Waals surface area contributed by atoms with E-state index in [-0.39, 0.29) is 29.9 Å². The summed E-state index contributed by atoms with van der Waals surface area (Å²) in [5, 5.41) is 6.09. The van der Waals surface area contributed by atoms with Crippen LogP contribution in [0.1, 0.15) is 35.9 Å². The quantitative estimate of drug-likeness (QED) is 0.711. The predicted octanol–water partition coefficient (Wildman–Crippen LogP) is -0.101. The van der Waals surface area contributed by atoms with Gasteiger partial charge in [-0.1, -0.05) is 13.8 Å². The zero-order valence-corrected chi connectivity index (χ0v) is 12.0. The lowest BCUT2D eigenvalue weighted by Crippen LogP contribution is -2.43. The number of methoxy groups -OCH3 is 1. The van der Waals surface area contributed by atoms with E-state index in [0.29, 0.717) is 12.2 Å². The molecule has 110 valence electrons. The fraction of sp³-hybridized carbons (Fsp3) is 0.615. The maximum atomic E-state index is 12.2. The predicted molar refractivity (Wildman–Crippen MR) is 75.5 cm³/mol. The van der Waals surface area contributed by atoms with Crippen molar-refractivity contribution in [1.29, 1.82) is 0 Å². The van der Waals surface area contributed by atoms with Crippen molar-refractivity contribution in [3.8, 4) is 0 Å². The van der Waals surface area contributed by atoms with Crippen LogP contribution in [0, 0.1) is 0 Å². The summed E-state index contributed by atoms with van der Waals surface area (Å²) < 4.78 is 5.31. The average molecular weight is 279 g/mol. The maximum Gasteiger partial charge on any atom is 0.270 e. The van der Waals surface area contributed by atoms with E-state index < -0.39 is 0 Å². The van der Waals surface area contributed by atoms with Gasteiger partial charge in [0, 0.05) is 25.9 Å². The second kappa shape index (κ2) is 6.15. The number of hydrogen-bond acceptors (Lipinski definition) is 6. The monoisotopic (exact) mass is 279 g/mol. The first-order chi connectivity index (χ1) is 9.51. The van der Waals surface area contributed by atoms with Gasteiger partial charge in [-0.25, -0.2) is 9.97 Å². The summed E-state index contributed by atoms with van der Waals surface area (Å²) in [7, 11) is 1.64. The molecule has 2 heterocycles. The molecule has 0 bridgehead atoms. The zero-order valence-electron chi connectivity index (χ0n) is 12.0. The Morgan fingerprint density at radius 3 is 2.90 bits per heavy atom. The van der Waals surface area contributed by atoms with Crippen LogP contribution in [0.25, 0.3) is 0 Å². The number of nitrogens with zero attached hydrogens (tertiary/aromatic N) is 2. The SMILES string of the molecule is CO[C@H]1CNC[C@@H]1NC(=O)c1cc(C(C)C)nc(N)n1. The average Bonchev–Trinajstić information content (AvgIpc) is 2.85. The van der Waals surface area contributed by atoms with Gasteiger partial charge in [0.25, 0.3) is 5.91 Å². The lowest BCUT2D eigenvalue weighted by atomic mass is 10.1. The zero-order chi connectivity index (χ0) is 14.7. The summed E-state index contributed by atoms with van der Waals surface area (Å²) in [5.41, 5.74) is 6.71. The Hall–Kier alpha value is -1.73. The van der Waals surface area contributed by atoms with Crippen molar-refractivity contribution >= 4 is 11.9 Å². The molecule has 1 aromatic heterocycles. The van der Waals surface area contributed by atoms with Gasteiger partial charge >= 0.3 is 0 Å². The molecule has 1 aliphatic heterocycles. The van der Waals surface area contributed by atoms with Crippen LogP contribution < -0.4 is 16.4 Å². The molecular weight excluding hydrogens is 258 g/mol. The minimum absolute atomic E-state index is 0.0253. The number of anilines is 1. The van der Waals surface area contributed by atoms with E-state index in [4.69, 9.17) is 10.5 Å². The van der Waals surface area contributed by atoms with Crippen molar-refractivity contribution in [2.75, 3.05) is 25.9 Å². The standard InChI is InChI=1S/C13H21N5O2/c1-7(2)8-4-9(18-13(14)17-8)12(19)16-10-5-15-6-11(10)20-3/h4,7,10-11,15H,5-6H2,1-3H3,(H,16,19)(H2,14,17,18)/t10-,11-/m0/s1. The third kappa shape index (κ3) is 3.23. The summed E-state index contributed by atoms with van der Waals surface area (Å²) in [6.45, 7) is 5.39. The Labute approximate surface area is 118 Å². The smallest absolute Gasteiger partial charge is 0.270 e. The molecular formula is C13H21N5O2. The molecule has 4 N–H and O–H groups in total. The fourth-order valence-electron chi connectivity index (χ4n) is 2.19. The lowest BCUT2D eigenvalue weighted by Gasteiger charge is -2.18. The first-order valence-corrected chi connectivity index (χ1v) is 6.70. The largest absolute Gasteiger partial charge is 0.378 e. The van der Waals surface area contributed by atoms with Crippen LogP contribution in [-0.2, 0) is 4.74 Å². The third-order valence-electron chi connectivity index (χ3n) is 3.37. The third-order valence-corrected chi connectivity index (χ3v) is 3.37. The van der Waals surface area contributed by atoms with Gasteiger partial charge < -0.3 is 21.1 Å². The van der Waals surface area contributed by atoms with Crippen LogP contribution in [-0.4, -0.2) is 48.2 Å². The highest BCUT2D eigenvalue weighted by Crippen LogP contribution is 2.14. The molecule has 1 fully saturated rings. The van der Waals surface area contributed by atoms with Crippen molar-refractivity contribution in [3.05, 3.63) is 17.5 Å². The van der Waals surface area contributed by atoms with Gasteiger partial charge in [0.05, 0.1) is 12.1 Å². The number of nitrogen functional groups attached to an aromatic ring is 1. The summed E-state index contributed by atoms with van der Waals surface area (Å²) in [6.07, 6.45) is -0.0253. The maximum absolute atomic E-state index is 12.2. The molecule has 7 heteroatoms. The summed E-state index contributed by atoms with van der Waals surface area (Å²) in [4.78, 5) is 20.4. The van der Waals surface area contributed by atoms with Crippen molar-refractivity contribution in [1.82, 2.24) is 20.6 Å². The molecule has 2 atom stereocenters. The first-order valence-electron chi connectivity index (χ1n) is 6.70. The van der Waals surface area contributed by atoms with Crippen molar-refractivity contribution in [3.63, 3.8) is 0 Å². The second-order valence-corrected chi connectivity index (χ2v) is 5.20. The van der Waals surface area contributed by atoms with E-state index in [1.54, 1.807) is 13.2 Å². The number of aromatic nitrogens is 2. The van der Waals surface area contributed by atoms with Gasteiger partial charge in [-0.05, 0) is 12.0 Å². The van der Waals surface area contributed by atoms with E-state index in [9.17, 15) is 4.79 Å². The second-order valence-electron chi connectivity index (χ2n) is 5.20. The number of hydrogen-bond donors (Lipinski definition) is 3. The molecule has 1 aliphatic rings. The first kappa shape index (κ1) is 14.7. The van der Waals surface area contributed by atoms with Gasteiger partial charge in [-0.2, -0.15) is 0 Å². The molecule has 1 aromatic rings. The Bertz CT molecular complexity index is 492. The highest BCUT2D eigenvalue weighted by Gasteiger charge is 2.29. The minimum atomic E-state index is -0.253. The lowest BCUT2D eigenvalue weighted by molar-refractivity contribution is 0.0776. The van der Waals surface area contributed by atoms with Crippen LogP contribution in [0.5, 0.6) is 0 Å². The summed E-state index contributed by atoms with van der Waals surface area (Å²) >= 11 is 0. The molecule has 7 nitrogen and oxygen atoms in total. The molecule has 0 aromatic carbocycles. The van der Waals surface area contributed by atoms with Crippen molar-refractivity contribution in [2.45, 2.75) is 31.9 Å². The Morgan fingerprint density at radius 2 is 2.25 bits per heavy atom. The van der Waals surface area contributed by atoms with Crippen LogP contribution in [0.3, 0.4) is 0 Å². The molecule has 0 aliphatic carbocycles. The highest BCUT2D eigenvalue weighted by atomic mass is 16.5. The summed E-state index contributed by atoms with van der Waals surface area (Å²) in [6, 6.07) is 1.62. The molecule has 0 saturated carbocycles. The van der Waals surface area contributed by atoms with Crippen LogP contribution in [0.2, 0.25) is 0 Å². The van der Waals surface area contributed by atoms with Gasteiger partial charge in [0.15, 0.2) is 0 Å². The Morgan fingerprint density at radius 1 is 1.50 bits per heavy atom. The molecule has 0 unspecified atom stereocenters. The summed E-state index contributed by atoms with van der Waals surface area (Å²) in [5.74, 6) is 0.0534. The Balaban J connectivity index is 2.13. The number of ether oxygens (including phenoxy) is 1. The molecule has 0 spiro atoms. The highest BCUT2D eigenvalue weighted by molar-refractivity contribution is 5.92. The van der Waals surface area contributed by atoms with E-state index in [0.717, 1.165) is 12.2 Å². The minimum Gasteiger partial charge on any atom is -0.378 e. The fourth-order valence-corrected chi connectivity index (χ4v) is 2.19. The van der Waals surface area contributed by atoms with E-state index in [2.05, 4.69) is 20.6 Å². The van der Waals surface area contributed by atoms with Crippen molar-refractivity contribution < 1.29 is 9.53 Å². The number of nitrogens with one attached hydrogen (secondary N) is 2. The van der Waals surface area contributed by atoms with Crippen LogP contribution in [0.15, 0.2) is 6.07 Å². The molecule has 1 saturated heterocycles. The topological polar surface area (TPSA) is 102 Å². The molecule has 2 rings (SSSR count). The van der Waals surface area contributed by atoms with Crippen LogP contribution in [0.4, 0.5) is 5.95 Å². The molecule has 1 amide bonds. The number of amides is 1. The number of rotatable bonds is 4. The van der Waals surface area contributed by atoms with Gasteiger partial charge in [0.2, 0.25) is 5.95 Å². The van der Waals surface area contributed by atoms with Gasteiger partial charge in [-0.15, -0.1) is 0 Å².